The SMILES string of the molecule is Cc1ccc(N2CC(c3nc(-c4ccc(OC(F)(F)F)cc4)no3)CC2=O)c(C)c1. The number of anilines is 1. The van der Waals surface area contributed by atoms with Gasteiger partial charge in [0, 0.05) is 24.2 Å². The van der Waals surface area contributed by atoms with Gasteiger partial charge in [-0.3, -0.25) is 4.79 Å². The van der Waals surface area contributed by atoms with E-state index in [1.165, 1.54) is 24.3 Å². The van der Waals surface area contributed by atoms with Crippen LogP contribution in [0.2, 0.25) is 0 Å². The number of nitrogens with zero attached hydrogens (tertiary/aromatic N) is 3. The van der Waals surface area contributed by atoms with Crippen LogP contribution in [0.1, 0.15) is 29.4 Å². The van der Waals surface area contributed by atoms with Crippen molar-refractivity contribution in [3.63, 3.8) is 0 Å². The van der Waals surface area contributed by atoms with Crippen LogP contribution in [0, 0.1) is 13.8 Å². The van der Waals surface area contributed by atoms with E-state index in [-0.39, 0.29) is 29.8 Å². The molecule has 0 radical (unpaired) electrons. The standard InChI is InChI=1S/C21H18F3N3O3/c1-12-3-8-17(13(2)9-12)27-11-15(10-18(27)28)20-25-19(26-30-20)14-4-6-16(7-5-14)29-21(22,23)24/h3-9,15H,10-11H2,1-2H3. The number of carbonyl (C=O) groups is 1. The summed E-state index contributed by atoms with van der Waals surface area (Å²) in [6.07, 6.45) is -4.51. The molecule has 1 aromatic heterocycles. The van der Waals surface area contributed by atoms with Crippen molar-refractivity contribution in [2.24, 2.45) is 0 Å². The van der Waals surface area contributed by atoms with Crippen LogP contribution in [-0.4, -0.2) is 29.0 Å². The molecule has 156 valence electrons. The minimum absolute atomic E-state index is 0.0274. The number of aryl methyl sites for hydroxylation is 2. The predicted molar refractivity (Wildman–Crippen MR) is 102 cm³/mol. The molecule has 1 saturated heterocycles. The fourth-order valence-corrected chi connectivity index (χ4v) is 3.54. The number of ether oxygens (including phenoxy) is 1. The molecule has 1 aliphatic heterocycles. The van der Waals surface area contributed by atoms with Gasteiger partial charge >= 0.3 is 6.36 Å². The molecule has 1 atom stereocenters. The van der Waals surface area contributed by atoms with Gasteiger partial charge in [-0.15, -0.1) is 13.2 Å². The van der Waals surface area contributed by atoms with Gasteiger partial charge in [0.15, 0.2) is 0 Å². The van der Waals surface area contributed by atoms with E-state index in [0.717, 1.165) is 16.8 Å². The van der Waals surface area contributed by atoms with Crippen LogP contribution in [0.3, 0.4) is 0 Å². The maximum absolute atomic E-state index is 12.6. The normalized spacial score (nSPS) is 16.9. The first-order valence-corrected chi connectivity index (χ1v) is 9.27. The van der Waals surface area contributed by atoms with E-state index in [9.17, 15) is 18.0 Å². The molecular formula is C21H18F3N3O3. The van der Waals surface area contributed by atoms with Gasteiger partial charge in [0.1, 0.15) is 5.75 Å². The summed E-state index contributed by atoms with van der Waals surface area (Å²) < 4.78 is 46.0. The molecule has 0 bridgehead atoms. The summed E-state index contributed by atoms with van der Waals surface area (Å²) in [4.78, 5) is 18.6. The van der Waals surface area contributed by atoms with Gasteiger partial charge in [0.05, 0.1) is 5.92 Å². The lowest BCUT2D eigenvalue weighted by molar-refractivity contribution is -0.274. The maximum Gasteiger partial charge on any atom is 0.573 e. The number of rotatable bonds is 4. The molecule has 2 aromatic carbocycles. The highest BCUT2D eigenvalue weighted by molar-refractivity contribution is 5.97. The number of alkyl halides is 3. The van der Waals surface area contributed by atoms with Crippen molar-refractivity contribution >= 4 is 11.6 Å². The van der Waals surface area contributed by atoms with Crippen molar-refractivity contribution in [2.75, 3.05) is 11.4 Å². The van der Waals surface area contributed by atoms with E-state index in [2.05, 4.69) is 14.9 Å². The predicted octanol–water partition coefficient (Wildman–Crippen LogP) is 4.77. The first kappa shape index (κ1) is 19.9. The summed E-state index contributed by atoms with van der Waals surface area (Å²) in [5.74, 6) is -0.0599. The molecule has 2 heterocycles. The highest BCUT2D eigenvalue weighted by atomic mass is 19.4. The Morgan fingerprint density at radius 2 is 1.87 bits per heavy atom. The van der Waals surface area contributed by atoms with Crippen molar-refractivity contribution in [1.29, 1.82) is 0 Å². The second-order valence-electron chi connectivity index (χ2n) is 7.22. The van der Waals surface area contributed by atoms with Gasteiger partial charge in [-0.2, -0.15) is 4.98 Å². The molecule has 1 fully saturated rings. The molecule has 1 aliphatic rings. The summed E-state index contributed by atoms with van der Waals surface area (Å²) in [6, 6.07) is 11.1. The van der Waals surface area contributed by atoms with E-state index in [4.69, 9.17) is 4.52 Å². The van der Waals surface area contributed by atoms with Gasteiger partial charge in [-0.25, -0.2) is 0 Å². The highest BCUT2D eigenvalue weighted by Gasteiger charge is 2.36. The summed E-state index contributed by atoms with van der Waals surface area (Å²) in [6.45, 7) is 4.37. The average molecular weight is 417 g/mol. The Bertz CT molecular complexity index is 1080. The largest absolute Gasteiger partial charge is 0.573 e. The lowest BCUT2D eigenvalue weighted by Crippen LogP contribution is -2.25. The Hall–Kier alpha value is -3.36. The van der Waals surface area contributed by atoms with Crippen molar-refractivity contribution in [3.05, 3.63) is 59.5 Å². The van der Waals surface area contributed by atoms with E-state index < -0.39 is 6.36 Å². The van der Waals surface area contributed by atoms with Crippen molar-refractivity contribution in [1.82, 2.24) is 10.1 Å². The number of aromatic nitrogens is 2. The van der Waals surface area contributed by atoms with Gasteiger partial charge in [0.25, 0.3) is 0 Å². The highest BCUT2D eigenvalue weighted by Crippen LogP contribution is 2.34. The van der Waals surface area contributed by atoms with E-state index in [0.29, 0.717) is 18.0 Å². The molecule has 0 saturated carbocycles. The van der Waals surface area contributed by atoms with E-state index in [1.54, 1.807) is 4.90 Å². The Balaban J connectivity index is 1.50. The summed E-state index contributed by atoms with van der Waals surface area (Å²) >= 11 is 0. The number of hydrogen-bond acceptors (Lipinski definition) is 5. The topological polar surface area (TPSA) is 68.5 Å². The summed E-state index contributed by atoms with van der Waals surface area (Å²) in [7, 11) is 0. The van der Waals surface area contributed by atoms with Crippen LogP contribution >= 0.6 is 0 Å². The Morgan fingerprint density at radius 3 is 2.53 bits per heavy atom. The molecule has 6 nitrogen and oxygen atoms in total. The molecule has 0 N–H and O–H groups in total. The average Bonchev–Trinajstić information content (AvgIpc) is 3.28. The van der Waals surface area contributed by atoms with Gasteiger partial charge in [-0.1, -0.05) is 22.9 Å². The van der Waals surface area contributed by atoms with Gasteiger partial charge in [-0.05, 0) is 49.7 Å². The first-order chi connectivity index (χ1) is 14.2. The number of carbonyl (C=O) groups excluding carboxylic acids is 1. The monoisotopic (exact) mass is 417 g/mol. The zero-order chi connectivity index (χ0) is 21.5. The minimum Gasteiger partial charge on any atom is -0.406 e. The van der Waals surface area contributed by atoms with Gasteiger partial charge < -0.3 is 14.2 Å². The number of amides is 1. The number of halogens is 3. The quantitative estimate of drug-likeness (QED) is 0.612. The Morgan fingerprint density at radius 1 is 1.13 bits per heavy atom. The van der Waals surface area contributed by atoms with E-state index in [1.807, 2.05) is 32.0 Å². The van der Waals surface area contributed by atoms with Crippen LogP contribution in [0.4, 0.5) is 18.9 Å². The fraction of sp³-hybridized carbons (Fsp3) is 0.286. The van der Waals surface area contributed by atoms with Crippen LogP contribution in [0.5, 0.6) is 5.75 Å². The van der Waals surface area contributed by atoms with Crippen molar-refractivity contribution < 1.29 is 27.2 Å². The third-order valence-electron chi connectivity index (χ3n) is 4.91. The lowest BCUT2D eigenvalue weighted by Gasteiger charge is -2.19. The van der Waals surface area contributed by atoms with Crippen LogP contribution in [0.15, 0.2) is 47.0 Å². The summed E-state index contributed by atoms with van der Waals surface area (Å²) in [5, 5.41) is 3.91. The van der Waals surface area contributed by atoms with Crippen LogP contribution in [0.25, 0.3) is 11.4 Å². The van der Waals surface area contributed by atoms with E-state index >= 15 is 0 Å². The number of hydrogen-bond donors (Lipinski definition) is 0. The zero-order valence-corrected chi connectivity index (χ0v) is 16.2. The first-order valence-electron chi connectivity index (χ1n) is 9.27. The lowest BCUT2D eigenvalue weighted by atomic mass is 10.1. The maximum atomic E-state index is 12.6. The minimum atomic E-state index is -4.75. The van der Waals surface area contributed by atoms with Crippen LogP contribution < -0.4 is 9.64 Å². The summed E-state index contributed by atoms with van der Waals surface area (Å²) in [5.41, 5.74) is 3.47. The molecule has 0 spiro atoms. The number of benzene rings is 2. The van der Waals surface area contributed by atoms with Crippen molar-refractivity contribution in [3.8, 4) is 17.1 Å². The molecular weight excluding hydrogens is 399 g/mol. The second kappa shape index (κ2) is 7.47. The molecule has 3 aromatic rings. The Kier molecular flexibility index (Phi) is 4.97. The van der Waals surface area contributed by atoms with Crippen molar-refractivity contribution in [2.45, 2.75) is 32.5 Å². The molecule has 0 aliphatic carbocycles. The molecule has 9 heteroatoms. The third-order valence-corrected chi connectivity index (χ3v) is 4.91. The molecule has 4 rings (SSSR count). The molecule has 1 unspecified atom stereocenters. The Labute approximate surface area is 170 Å². The third kappa shape index (κ3) is 4.14. The smallest absolute Gasteiger partial charge is 0.406 e. The van der Waals surface area contributed by atoms with Crippen LogP contribution in [-0.2, 0) is 4.79 Å². The molecule has 1 amide bonds. The molecule has 30 heavy (non-hydrogen) atoms. The fourth-order valence-electron chi connectivity index (χ4n) is 3.54. The van der Waals surface area contributed by atoms with Gasteiger partial charge in [0.2, 0.25) is 17.6 Å². The second-order valence-corrected chi connectivity index (χ2v) is 7.22. The zero-order valence-electron chi connectivity index (χ0n) is 16.2.